The highest BCUT2D eigenvalue weighted by Crippen LogP contribution is 2.05. The Morgan fingerprint density at radius 1 is 1.53 bits per heavy atom. The van der Waals surface area contributed by atoms with Crippen molar-refractivity contribution in [1.82, 2.24) is 19.9 Å². The van der Waals surface area contributed by atoms with Crippen molar-refractivity contribution in [3.8, 4) is 0 Å². The molecule has 0 saturated carbocycles. The van der Waals surface area contributed by atoms with Gasteiger partial charge < -0.3 is 10.4 Å². The molecule has 1 atom stereocenters. The zero-order valence-corrected chi connectivity index (χ0v) is 10.2. The smallest absolute Gasteiger partial charge is 0.155 e. The summed E-state index contributed by atoms with van der Waals surface area (Å²) in [6.45, 7) is 4.85. The van der Waals surface area contributed by atoms with Gasteiger partial charge in [0.15, 0.2) is 5.65 Å². The number of nitrogens with zero attached hydrogens (tertiary/aromatic N) is 3. The van der Waals surface area contributed by atoms with E-state index in [2.05, 4.69) is 15.4 Å². The molecule has 17 heavy (non-hydrogen) atoms. The maximum absolute atomic E-state index is 9.08. The third-order valence-corrected chi connectivity index (χ3v) is 2.80. The lowest BCUT2D eigenvalue weighted by Gasteiger charge is -2.13. The Morgan fingerprint density at radius 2 is 2.35 bits per heavy atom. The average molecular weight is 234 g/mol. The molecule has 2 N–H and O–H groups in total. The van der Waals surface area contributed by atoms with Gasteiger partial charge in [0.2, 0.25) is 0 Å². The van der Waals surface area contributed by atoms with Crippen molar-refractivity contribution in [2.75, 3.05) is 6.61 Å². The number of hydrogen-bond acceptors (Lipinski definition) is 4. The molecule has 5 nitrogen and oxygen atoms in total. The molecule has 1 unspecified atom stereocenters. The lowest BCUT2D eigenvalue weighted by atomic mass is 10.2. The first-order valence-electron chi connectivity index (χ1n) is 5.88. The molecule has 0 saturated heterocycles. The Bertz CT molecular complexity index is 490. The second-order valence-electron chi connectivity index (χ2n) is 4.22. The number of hydrogen-bond donors (Lipinski definition) is 2. The number of aryl methyl sites for hydroxylation is 1. The highest BCUT2D eigenvalue weighted by atomic mass is 16.3. The third kappa shape index (κ3) is 2.81. The van der Waals surface area contributed by atoms with Crippen molar-refractivity contribution in [2.24, 2.45) is 0 Å². The van der Waals surface area contributed by atoms with Crippen LogP contribution in [0.25, 0.3) is 5.65 Å². The average Bonchev–Trinajstić information content (AvgIpc) is 2.69. The van der Waals surface area contributed by atoms with Gasteiger partial charge in [-0.1, -0.05) is 6.92 Å². The van der Waals surface area contributed by atoms with E-state index >= 15 is 0 Å². The molecule has 0 bridgehead atoms. The topological polar surface area (TPSA) is 62.5 Å². The number of nitrogens with one attached hydrogen (secondary N) is 1. The maximum Gasteiger partial charge on any atom is 0.155 e. The Morgan fingerprint density at radius 3 is 3.06 bits per heavy atom. The summed E-state index contributed by atoms with van der Waals surface area (Å²) in [5.41, 5.74) is 2.89. The molecule has 0 aromatic carbocycles. The summed E-state index contributed by atoms with van der Waals surface area (Å²) in [7, 11) is 0. The number of fused-ring (bicyclic) bond motifs is 1. The normalized spacial score (nSPS) is 13.1. The SMILES string of the molecule is CCC(CO)NCc1cnc2cc(C)nn2c1. The van der Waals surface area contributed by atoms with Crippen LogP contribution < -0.4 is 5.32 Å². The third-order valence-electron chi connectivity index (χ3n) is 2.80. The molecule has 0 aliphatic heterocycles. The number of aliphatic hydroxyl groups excluding tert-OH is 1. The van der Waals surface area contributed by atoms with Gasteiger partial charge in [0.25, 0.3) is 0 Å². The van der Waals surface area contributed by atoms with Crippen LogP contribution in [0.15, 0.2) is 18.5 Å². The van der Waals surface area contributed by atoms with Gasteiger partial charge in [0.1, 0.15) is 0 Å². The number of aliphatic hydroxyl groups is 1. The molecule has 0 radical (unpaired) electrons. The van der Waals surface area contributed by atoms with E-state index in [-0.39, 0.29) is 12.6 Å². The minimum Gasteiger partial charge on any atom is -0.395 e. The summed E-state index contributed by atoms with van der Waals surface area (Å²) in [4.78, 5) is 4.33. The van der Waals surface area contributed by atoms with E-state index in [1.54, 1.807) is 4.52 Å². The minimum absolute atomic E-state index is 0.144. The zero-order chi connectivity index (χ0) is 12.3. The van der Waals surface area contributed by atoms with E-state index in [4.69, 9.17) is 5.11 Å². The quantitative estimate of drug-likeness (QED) is 0.807. The van der Waals surface area contributed by atoms with Gasteiger partial charge in [0, 0.05) is 36.6 Å². The second kappa shape index (κ2) is 5.25. The van der Waals surface area contributed by atoms with E-state index in [1.165, 1.54) is 0 Å². The van der Waals surface area contributed by atoms with Crippen LogP contribution in [-0.4, -0.2) is 32.4 Å². The van der Waals surface area contributed by atoms with Crippen LogP contribution in [-0.2, 0) is 6.54 Å². The minimum atomic E-state index is 0.144. The van der Waals surface area contributed by atoms with E-state index in [0.29, 0.717) is 6.54 Å². The molecular formula is C12H18N4O. The van der Waals surface area contributed by atoms with Gasteiger partial charge >= 0.3 is 0 Å². The van der Waals surface area contributed by atoms with Crippen LogP contribution in [0.2, 0.25) is 0 Å². The van der Waals surface area contributed by atoms with Gasteiger partial charge in [0.05, 0.1) is 12.3 Å². The highest BCUT2D eigenvalue weighted by molar-refractivity contribution is 5.38. The zero-order valence-electron chi connectivity index (χ0n) is 10.2. The monoisotopic (exact) mass is 234 g/mol. The molecule has 92 valence electrons. The van der Waals surface area contributed by atoms with E-state index < -0.39 is 0 Å². The van der Waals surface area contributed by atoms with Gasteiger partial charge in [-0.2, -0.15) is 5.10 Å². The van der Waals surface area contributed by atoms with Crippen LogP contribution >= 0.6 is 0 Å². The van der Waals surface area contributed by atoms with E-state index in [9.17, 15) is 0 Å². The first-order valence-corrected chi connectivity index (χ1v) is 5.88. The first kappa shape index (κ1) is 12.0. The fourth-order valence-corrected chi connectivity index (χ4v) is 1.73. The summed E-state index contributed by atoms with van der Waals surface area (Å²) in [6.07, 6.45) is 4.72. The van der Waals surface area contributed by atoms with Gasteiger partial charge in [-0.3, -0.25) is 0 Å². The van der Waals surface area contributed by atoms with Crippen molar-refractivity contribution in [2.45, 2.75) is 32.9 Å². The predicted octanol–water partition coefficient (Wildman–Crippen LogP) is 0.898. The fraction of sp³-hybridized carbons (Fsp3) is 0.500. The van der Waals surface area contributed by atoms with E-state index in [1.807, 2.05) is 32.3 Å². The fourth-order valence-electron chi connectivity index (χ4n) is 1.73. The van der Waals surface area contributed by atoms with Crippen LogP contribution in [0.3, 0.4) is 0 Å². The second-order valence-corrected chi connectivity index (χ2v) is 4.22. The maximum atomic E-state index is 9.08. The van der Waals surface area contributed by atoms with Gasteiger partial charge in [-0.25, -0.2) is 9.50 Å². The largest absolute Gasteiger partial charge is 0.395 e. The Balaban J connectivity index is 2.08. The molecule has 2 aromatic rings. The Kier molecular flexibility index (Phi) is 3.71. The first-order chi connectivity index (χ1) is 8.22. The van der Waals surface area contributed by atoms with Crippen LogP contribution in [0.1, 0.15) is 24.6 Å². The summed E-state index contributed by atoms with van der Waals surface area (Å²) < 4.78 is 1.78. The van der Waals surface area contributed by atoms with Crippen molar-refractivity contribution in [1.29, 1.82) is 0 Å². The Labute approximate surface area is 100 Å². The molecular weight excluding hydrogens is 216 g/mol. The van der Waals surface area contributed by atoms with Crippen LogP contribution in [0, 0.1) is 6.92 Å². The predicted molar refractivity (Wildman–Crippen MR) is 65.7 cm³/mol. The Hall–Kier alpha value is -1.46. The molecule has 0 amide bonds. The van der Waals surface area contributed by atoms with Crippen molar-refractivity contribution < 1.29 is 5.11 Å². The molecule has 0 aliphatic rings. The molecule has 0 spiro atoms. The molecule has 0 aliphatic carbocycles. The summed E-state index contributed by atoms with van der Waals surface area (Å²) >= 11 is 0. The highest BCUT2D eigenvalue weighted by Gasteiger charge is 2.05. The summed E-state index contributed by atoms with van der Waals surface area (Å²) in [5.74, 6) is 0. The summed E-state index contributed by atoms with van der Waals surface area (Å²) in [5, 5.41) is 16.7. The van der Waals surface area contributed by atoms with Crippen LogP contribution in [0.5, 0.6) is 0 Å². The van der Waals surface area contributed by atoms with E-state index in [0.717, 1.165) is 23.3 Å². The number of rotatable bonds is 5. The van der Waals surface area contributed by atoms with Crippen molar-refractivity contribution in [3.63, 3.8) is 0 Å². The van der Waals surface area contributed by atoms with Gasteiger partial charge in [-0.05, 0) is 13.3 Å². The molecule has 5 heteroatoms. The van der Waals surface area contributed by atoms with Gasteiger partial charge in [-0.15, -0.1) is 0 Å². The molecule has 2 heterocycles. The molecule has 2 rings (SSSR count). The lowest BCUT2D eigenvalue weighted by molar-refractivity contribution is 0.238. The van der Waals surface area contributed by atoms with Crippen LogP contribution in [0.4, 0.5) is 0 Å². The molecule has 0 fully saturated rings. The van der Waals surface area contributed by atoms with Crippen molar-refractivity contribution >= 4 is 5.65 Å². The lowest BCUT2D eigenvalue weighted by Crippen LogP contribution is -2.31. The summed E-state index contributed by atoms with van der Waals surface area (Å²) in [6, 6.07) is 2.09. The molecule has 2 aromatic heterocycles. The number of aromatic nitrogens is 3. The standard InChI is InChI=1S/C12H18N4O/c1-3-11(8-17)13-5-10-6-14-12-4-9(2)15-16(12)7-10/h4,6-7,11,13,17H,3,5,8H2,1-2H3. The van der Waals surface area contributed by atoms with Crippen molar-refractivity contribution in [3.05, 3.63) is 29.7 Å².